The molecule has 2 rings (SSSR count). The van der Waals surface area contributed by atoms with Crippen molar-refractivity contribution in [1.82, 2.24) is 10.2 Å². The van der Waals surface area contributed by atoms with Gasteiger partial charge in [0.1, 0.15) is 6.04 Å². The fourth-order valence-electron chi connectivity index (χ4n) is 2.12. The van der Waals surface area contributed by atoms with E-state index < -0.39 is 0 Å². The largest absolute Gasteiger partial charge is 0.466 e. The zero-order valence-corrected chi connectivity index (χ0v) is 12.1. The minimum absolute atomic E-state index is 0.0244. The number of amides is 1. The molecule has 2 aliphatic rings. The minimum atomic E-state index is -0.336. The molecule has 1 amide bonds. The van der Waals surface area contributed by atoms with Gasteiger partial charge in [-0.1, -0.05) is 6.08 Å². The number of carbonyl (C=O) groups is 2. The predicted octanol–water partition coefficient (Wildman–Crippen LogP) is 0.0851. The molecule has 0 bridgehead atoms. The van der Waals surface area contributed by atoms with Crippen molar-refractivity contribution < 1.29 is 19.1 Å². The Hall–Kier alpha value is -1.40. The fraction of sp³-hybridized carbons (Fsp3) is 0.714. The number of esters is 1. The lowest BCUT2D eigenvalue weighted by Gasteiger charge is -2.33. The van der Waals surface area contributed by atoms with E-state index in [0.29, 0.717) is 37.9 Å². The monoisotopic (exact) mass is 282 g/mol. The number of nitrogens with one attached hydrogen (secondary N) is 1. The van der Waals surface area contributed by atoms with Gasteiger partial charge in [0.05, 0.1) is 20.3 Å². The summed E-state index contributed by atoms with van der Waals surface area (Å²) < 4.78 is 10.1. The summed E-state index contributed by atoms with van der Waals surface area (Å²) in [4.78, 5) is 25.5. The van der Waals surface area contributed by atoms with Gasteiger partial charge in [-0.3, -0.25) is 9.69 Å². The molecular formula is C14H22N2O4. The highest BCUT2D eigenvalue weighted by atomic mass is 16.5. The number of hydrogen-bond acceptors (Lipinski definition) is 5. The summed E-state index contributed by atoms with van der Waals surface area (Å²) in [6.07, 6.45) is 3.94. The summed E-state index contributed by atoms with van der Waals surface area (Å²) in [5.74, 6) is -0.312. The zero-order valence-electron chi connectivity index (χ0n) is 12.1. The summed E-state index contributed by atoms with van der Waals surface area (Å²) in [6.45, 7) is 3.97. The Balaban J connectivity index is 1.92. The number of rotatable bonds is 5. The van der Waals surface area contributed by atoms with Crippen LogP contribution in [0.1, 0.15) is 19.8 Å². The van der Waals surface area contributed by atoms with Gasteiger partial charge in [0.2, 0.25) is 5.91 Å². The third kappa shape index (κ3) is 4.05. The lowest BCUT2D eigenvalue weighted by atomic mass is 10.2. The molecule has 1 saturated heterocycles. The van der Waals surface area contributed by atoms with Gasteiger partial charge in [-0.15, -0.1) is 0 Å². The van der Waals surface area contributed by atoms with Crippen LogP contribution in [0.3, 0.4) is 0 Å². The molecule has 0 aromatic rings. The summed E-state index contributed by atoms with van der Waals surface area (Å²) in [7, 11) is 1.36. The van der Waals surface area contributed by atoms with Crippen LogP contribution in [0.5, 0.6) is 0 Å². The van der Waals surface area contributed by atoms with E-state index in [2.05, 4.69) is 10.1 Å². The van der Waals surface area contributed by atoms with Crippen LogP contribution < -0.4 is 5.32 Å². The Morgan fingerprint density at radius 2 is 2.20 bits per heavy atom. The van der Waals surface area contributed by atoms with Gasteiger partial charge in [-0.25, -0.2) is 4.79 Å². The zero-order chi connectivity index (χ0) is 14.5. The van der Waals surface area contributed by atoms with E-state index in [1.54, 1.807) is 13.0 Å². The smallest absolute Gasteiger partial charge is 0.333 e. The second-order valence-corrected chi connectivity index (χ2v) is 5.25. The first-order valence-electron chi connectivity index (χ1n) is 6.99. The standard InChI is InChI=1S/C14H22N2O4/c1-10(14(18)19-2)5-6-16-7-8-20-9-12(16)13(17)15-11-3-4-11/h5,11-12H,3-4,6-9H2,1-2H3,(H,15,17). The Kier molecular flexibility index (Phi) is 5.14. The minimum Gasteiger partial charge on any atom is -0.466 e. The number of nitrogens with zero attached hydrogens (tertiary/aromatic N) is 1. The molecule has 1 atom stereocenters. The molecule has 1 saturated carbocycles. The highest BCUT2D eigenvalue weighted by Crippen LogP contribution is 2.19. The highest BCUT2D eigenvalue weighted by Gasteiger charge is 2.32. The van der Waals surface area contributed by atoms with Crippen molar-refractivity contribution in [2.24, 2.45) is 0 Å². The van der Waals surface area contributed by atoms with E-state index in [9.17, 15) is 9.59 Å². The SMILES string of the molecule is COC(=O)C(C)=CCN1CCOCC1C(=O)NC1CC1. The van der Waals surface area contributed by atoms with E-state index in [0.717, 1.165) is 12.8 Å². The number of methoxy groups -OCH3 is 1. The van der Waals surface area contributed by atoms with Crippen LogP contribution in [-0.2, 0) is 19.1 Å². The number of hydrogen-bond donors (Lipinski definition) is 1. The highest BCUT2D eigenvalue weighted by molar-refractivity contribution is 5.87. The quantitative estimate of drug-likeness (QED) is 0.571. The average Bonchev–Trinajstić information content (AvgIpc) is 3.28. The molecule has 0 aromatic carbocycles. The number of morpholine rings is 1. The van der Waals surface area contributed by atoms with Crippen molar-refractivity contribution in [2.75, 3.05) is 33.4 Å². The van der Waals surface area contributed by atoms with E-state index in [1.165, 1.54) is 7.11 Å². The molecule has 1 heterocycles. The number of carbonyl (C=O) groups excluding carboxylic acids is 2. The van der Waals surface area contributed by atoms with E-state index in [4.69, 9.17) is 4.74 Å². The van der Waals surface area contributed by atoms with Crippen LogP contribution in [0, 0.1) is 0 Å². The molecule has 1 aliphatic heterocycles. The molecule has 0 spiro atoms. The molecule has 1 N–H and O–H groups in total. The van der Waals surface area contributed by atoms with Crippen LogP contribution in [0.25, 0.3) is 0 Å². The van der Waals surface area contributed by atoms with Gasteiger partial charge in [0.15, 0.2) is 0 Å². The maximum Gasteiger partial charge on any atom is 0.333 e. The Morgan fingerprint density at radius 1 is 1.45 bits per heavy atom. The molecule has 6 nitrogen and oxygen atoms in total. The normalized spacial score (nSPS) is 24.3. The van der Waals surface area contributed by atoms with Gasteiger partial charge in [0.25, 0.3) is 0 Å². The lowest BCUT2D eigenvalue weighted by molar-refractivity contribution is -0.136. The molecule has 6 heteroatoms. The van der Waals surface area contributed by atoms with Crippen LogP contribution in [0.4, 0.5) is 0 Å². The Morgan fingerprint density at radius 3 is 2.85 bits per heavy atom. The van der Waals surface area contributed by atoms with Crippen molar-refractivity contribution in [3.05, 3.63) is 11.6 Å². The second-order valence-electron chi connectivity index (χ2n) is 5.25. The van der Waals surface area contributed by atoms with Gasteiger partial charge in [-0.05, 0) is 19.8 Å². The first-order valence-corrected chi connectivity index (χ1v) is 6.99. The first-order chi connectivity index (χ1) is 9.61. The lowest BCUT2D eigenvalue weighted by Crippen LogP contribution is -2.54. The third-order valence-corrected chi connectivity index (χ3v) is 3.61. The second kappa shape index (κ2) is 6.85. The van der Waals surface area contributed by atoms with E-state index >= 15 is 0 Å². The maximum atomic E-state index is 12.1. The molecule has 20 heavy (non-hydrogen) atoms. The maximum absolute atomic E-state index is 12.1. The fourth-order valence-corrected chi connectivity index (χ4v) is 2.12. The van der Waals surface area contributed by atoms with Gasteiger partial charge < -0.3 is 14.8 Å². The Labute approximate surface area is 119 Å². The van der Waals surface area contributed by atoms with Crippen LogP contribution in [0.15, 0.2) is 11.6 Å². The summed E-state index contributed by atoms with van der Waals surface area (Å²) in [5.41, 5.74) is 0.556. The van der Waals surface area contributed by atoms with Gasteiger partial charge in [0, 0.05) is 24.7 Å². The van der Waals surface area contributed by atoms with E-state index in [1.807, 2.05) is 4.90 Å². The molecular weight excluding hydrogens is 260 g/mol. The number of ether oxygens (including phenoxy) is 2. The average molecular weight is 282 g/mol. The third-order valence-electron chi connectivity index (χ3n) is 3.61. The van der Waals surface area contributed by atoms with Gasteiger partial charge in [-0.2, -0.15) is 0 Å². The summed E-state index contributed by atoms with van der Waals surface area (Å²) in [6, 6.07) is 0.0738. The summed E-state index contributed by atoms with van der Waals surface area (Å²) >= 11 is 0. The van der Waals surface area contributed by atoms with Crippen LogP contribution >= 0.6 is 0 Å². The molecule has 1 aliphatic carbocycles. The van der Waals surface area contributed by atoms with Gasteiger partial charge >= 0.3 is 5.97 Å². The Bertz CT molecular complexity index is 404. The predicted molar refractivity (Wildman–Crippen MR) is 73.1 cm³/mol. The molecule has 0 radical (unpaired) electrons. The van der Waals surface area contributed by atoms with Crippen molar-refractivity contribution in [1.29, 1.82) is 0 Å². The molecule has 0 aromatic heterocycles. The van der Waals surface area contributed by atoms with E-state index in [-0.39, 0.29) is 17.9 Å². The van der Waals surface area contributed by atoms with Crippen molar-refractivity contribution in [3.63, 3.8) is 0 Å². The van der Waals surface area contributed by atoms with Crippen molar-refractivity contribution >= 4 is 11.9 Å². The first kappa shape index (κ1) is 15.0. The van der Waals surface area contributed by atoms with Crippen molar-refractivity contribution in [3.8, 4) is 0 Å². The van der Waals surface area contributed by atoms with Crippen LogP contribution in [-0.4, -0.2) is 62.3 Å². The van der Waals surface area contributed by atoms with Crippen molar-refractivity contribution in [2.45, 2.75) is 31.8 Å². The topological polar surface area (TPSA) is 67.9 Å². The van der Waals surface area contributed by atoms with Crippen LogP contribution in [0.2, 0.25) is 0 Å². The molecule has 112 valence electrons. The molecule has 2 fully saturated rings. The summed E-state index contributed by atoms with van der Waals surface area (Å²) in [5, 5.41) is 3.00. The molecule has 1 unspecified atom stereocenters.